The van der Waals surface area contributed by atoms with Gasteiger partial charge in [-0.05, 0) is 42.8 Å². The van der Waals surface area contributed by atoms with Crippen molar-refractivity contribution in [2.45, 2.75) is 6.92 Å². The molecule has 0 aliphatic heterocycles. The number of benzene rings is 1. The zero-order valence-electron chi connectivity index (χ0n) is 13.0. The number of hydrogen-bond acceptors (Lipinski definition) is 7. The summed E-state index contributed by atoms with van der Waals surface area (Å²) in [5.74, 6) is 2.63. The molecular weight excluding hydrogens is 296 g/mol. The highest BCUT2D eigenvalue weighted by Crippen LogP contribution is 2.26. The average molecular weight is 312 g/mol. The van der Waals surface area contributed by atoms with Crippen LogP contribution in [0.1, 0.15) is 11.4 Å². The zero-order chi connectivity index (χ0) is 16.2. The first kappa shape index (κ1) is 14.8. The van der Waals surface area contributed by atoms with Crippen molar-refractivity contribution in [1.82, 2.24) is 19.8 Å². The summed E-state index contributed by atoms with van der Waals surface area (Å²) in [6.07, 6.45) is 1.67. The van der Waals surface area contributed by atoms with Gasteiger partial charge in [0.05, 0.1) is 20.4 Å². The molecule has 0 fully saturated rings. The first-order valence-corrected chi connectivity index (χ1v) is 6.91. The van der Waals surface area contributed by atoms with Crippen LogP contribution in [0.4, 0.5) is 5.82 Å². The molecule has 3 aromatic rings. The summed E-state index contributed by atoms with van der Waals surface area (Å²) < 4.78 is 12.1. The normalized spacial score (nSPS) is 11.1. The fourth-order valence-corrected chi connectivity index (χ4v) is 2.06. The number of ether oxygens (including phenoxy) is 2. The van der Waals surface area contributed by atoms with Crippen molar-refractivity contribution >= 4 is 17.7 Å². The number of anilines is 1. The van der Waals surface area contributed by atoms with Gasteiger partial charge in [0.25, 0.3) is 0 Å². The monoisotopic (exact) mass is 312 g/mol. The van der Waals surface area contributed by atoms with Gasteiger partial charge in [0.15, 0.2) is 28.8 Å². The van der Waals surface area contributed by atoms with E-state index in [1.807, 2.05) is 31.2 Å². The Morgan fingerprint density at radius 2 is 1.91 bits per heavy atom. The topological polar surface area (TPSA) is 85.9 Å². The largest absolute Gasteiger partial charge is 0.493 e. The lowest BCUT2D eigenvalue weighted by Crippen LogP contribution is -2.00. The van der Waals surface area contributed by atoms with Gasteiger partial charge in [0.2, 0.25) is 0 Å². The van der Waals surface area contributed by atoms with E-state index in [9.17, 15) is 0 Å². The maximum Gasteiger partial charge on any atom is 0.178 e. The number of aryl methyl sites for hydroxylation is 1. The van der Waals surface area contributed by atoms with Crippen LogP contribution >= 0.6 is 0 Å². The quantitative estimate of drug-likeness (QED) is 0.572. The summed E-state index contributed by atoms with van der Waals surface area (Å²) in [6.45, 7) is 1.84. The van der Waals surface area contributed by atoms with E-state index < -0.39 is 0 Å². The minimum atomic E-state index is 0.595. The van der Waals surface area contributed by atoms with E-state index in [0.717, 1.165) is 5.56 Å². The van der Waals surface area contributed by atoms with Crippen LogP contribution in [0.15, 0.2) is 35.4 Å². The van der Waals surface area contributed by atoms with Crippen molar-refractivity contribution in [3.05, 3.63) is 41.7 Å². The third-order valence-corrected chi connectivity index (χ3v) is 3.22. The summed E-state index contributed by atoms with van der Waals surface area (Å²) in [7, 11) is 3.19. The molecule has 0 saturated carbocycles. The van der Waals surface area contributed by atoms with Gasteiger partial charge in [0.1, 0.15) is 0 Å². The van der Waals surface area contributed by atoms with Crippen molar-refractivity contribution in [1.29, 1.82) is 0 Å². The molecule has 0 aliphatic rings. The van der Waals surface area contributed by atoms with Crippen molar-refractivity contribution in [2.24, 2.45) is 5.10 Å². The van der Waals surface area contributed by atoms with Crippen LogP contribution in [-0.2, 0) is 0 Å². The summed E-state index contributed by atoms with van der Waals surface area (Å²) in [5, 5.41) is 16.5. The molecule has 0 bridgehead atoms. The molecule has 0 atom stereocenters. The smallest absolute Gasteiger partial charge is 0.178 e. The predicted octanol–water partition coefficient (Wildman–Crippen LogP) is 1.90. The van der Waals surface area contributed by atoms with E-state index in [1.54, 1.807) is 31.0 Å². The molecule has 3 rings (SSSR count). The molecule has 8 heteroatoms. The highest BCUT2D eigenvalue weighted by Gasteiger charge is 2.04. The second kappa shape index (κ2) is 6.30. The average Bonchev–Trinajstić information content (AvgIpc) is 2.95. The standard InChI is InChI=1S/C15H16N6O2/c1-10-17-19-15-7-6-14(20-21(10)15)18-16-9-11-4-5-12(22-2)13(8-11)23-3/h4-9H,1-3H3,(H,18,20). The van der Waals surface area contributed by atoms with Crippen LogP contribution in [0.3, 0.4) is 0 Å². The van der Waals surface area contributed by atoms with Crippen LogP contribution in [-0.4, -0.2) is 40.2 Å². The Morgan fingerprint density at radius 3 is 2.70 bits per heavy atom. The van der Waals surface area contributed by atoms with Crippen LogP contribution in [0.5, 0.6) is 11.5 Å². The third-order valence-electron chi connectivity index (χ3n) is 3.22. The van der Waals surface area contributed by atoms with E-state index in [4.69, 9.17) is 9.47 Å². The van der Waals surface area contributed by atoms with E-state index in [-0.39, 0.29) is 0 Å². The fraction of sp³-hybridized carbons (Fsp3) is 0.200. The molecule has 1 aromatic carbocycles. The number of hydrazone groups is 1. The van der Waals surface area contributed by atoms with Gasteiger partial charge in [-0.15, -0.1) is 15.3 Å². The van der Waals surface area contributed by atoms with E-state index in [1.165, 1.54) is 0 Å². The lowest BCUT2D eigenvalue weighted by molar-refractivity contribution is 0.355. The van der Waals surface area contributed by atoms with Crippen LogP contribution in [0.2, 0.25) is 0 Å². The number of rotatable bonds is 5. The molecule has 2 aromatic heterocycles. The first-order chi connectivity index (χ1) is 11.2. The fourth-order valence-electron chi connectivity index (χ4n) is 2.06. The molecule has 0 radical (unpaired) electrons. The van der Waals surface area contributed by atoms with Gasteiger partial charge < -0.3 is 9.47 Å². The maximum absolute atomic E-state index is 5.26. The molecular formula is C15H16N6O2. The molecule has 23 heavy (non-hydrogen) atoms. The predicted molar refractivity (Wildman–Crippen MR) is 86.3 cm³/mol. The Bertz CT molecular complexity index is 858. The van der Waals surface area contributed by atoms with Crippen molar-refractivity contribution < 1.29 is 9.47 Å². The number of fused-ring (bicyclic) bond motifs is 1. The van der Waals surface area contributed by atoms with E-state index in [0.29, 0.717) is 28.8 Å². The lowest BCUT2D eigenvalue weighted by atomic mass is 10.2. The molecule has 0 amide bonds. The molecule has 8 nitrogen and oxygen atoms in total. The van der Waals surface area contributed by atoms with Crippen LogP contribution < -0.4 is 14.9 Å². The molecule has 118 valence electrons. The number of hydrogen-bond donors (Lipinski definition) is 1. The number of nitrogens with zero attached hydrogens (tertiary/aromatic N) is 5. The van der Waals surface area contributed by atoms with Gasteiger partial charge >= 0.3 is 0 Å². The number of nitrogens with one attached hydrogen (secondary N) is 1. The Kier molecular flexibility index (Phi) is 4.05. The Morgan fingerprint density at radius 1 is 1.09 bits per heavy atom. The number of aromatic nitrogens is 4. The molecule has 0 spiro atoms. The van der Waals surface area contributed by atoms with Gasteiger partial charge in [-0.1, -0.05) is 0 Å². The SMILES string of the molecule is COc1ccc(C=NNc2ccc3nnc(C)n3n2)cc1OC. The van der Waals surface area contributed by atoms with Crippen LogP contribution in [0, 0.1) is 6.92 Å². The Balaban J connectivity index is 1.76. The summed E-state index contributed by atoms with van der Waals surface area (Å²) in [4.78, 5) is 0. The molecule has 0 aliphatic carbocycles. The third kappa shape index (κ3) is 3.05. The minimum absolute atomic E-state index is 0.595. The Hall–Kier alpha value is -3.16. The highest BCUT2D eigenvalue weighted by atomic mass is 16.5. The molecule has 0 saturated heterocycles. The van der Waals surface area contributed by atoms with Gasteiger partial charge in [0, 0.05) is 0 Å². The minimum Gasteiger partial charge on any atom is -0.493 e. The zero-order valence-corrected chi connectivity index (χ0v) is 13.0. The Labute approximate surface area is 132 Å². The highest BCUT2D eigenvalue weighted by molar-refractivity contribution is 5.81. The van der Waals surface area contributed by atoms with Gasteiger partial charge in [-0.3, -0.25) is 5.43 Å². The second-order valence-electron chi connectivity index (χ2n) is 4.72. The molecule has 2 heterocycles. The molecule has 0 unspecified atom stereocenters. The summed E-state index contributed by atoms with van der Waals surface area (Å²) in [5.41, 5.74) is 4.44. The summed E-state index contributed by atoms with van der Waals surface area (Å²) in [6, 6.07) is 9.15. The second-order valence-corrected chi connectivity index (χ2v) is 4.72. The van der Waals surface area contributed by atoms with E-state index >= 15 is 0 Å². The van der Waals surface area contributed by atoms with E-state index in [2.05, 4.69) is 25.8 Å². The summed E-state index contributed by atoms with van der Waals surface area (Å²) >= 11 is 0. The van der Waals surface area contributed by atoms with Gasteiger partial charge in [-0.25, -0.2) is 0 Å². The number of methoxy groups -OCH3 is 2. The van der Waals surface area contributed by atoms with Crippen LogP contribution in [0.25, 0.3) is 5.65 Å². The van der Waals surface area contributed by atoms with Crippen molar-refractivity contribution in [3.8, 4) is 11.5 Å². The van der Waals surface area contributed by atoms with Gasteiger partial charge in [-0.2, -0.15) is 9.62 Å². The van der Waals surface area contributed by atoms with Crippen molar-refractivity contribution in [3.63, 3.8) is 0 Å². The lowest BCUT2D eigenvalue weighted by Gasteiger charge is -2.07. The molecule has 1 N–H and O–H groups in total. The van der Waals surface area contributed by atoms with Crippen molar-refractivity contribution in [2.75, 3.05) is 19.6 Å². The maximum atomic E-state index is 5.26. The first-order valence-electron chi connectivity index (χ1n) is 6.91.